The molecular weight excluding hydrogens is 792 g/mol. The highest BCUT2D eigenvalue weighted by Gasteiger charge is 2.58. The number of carboxylic acids is 2. The van der Waals surface area contributed by atoms with E-state index in [1.165, 1.54) is 6.92 Å². The second-order valence-electron chi connectivity index (χ2n) is 14.0. The van der Waals surface area contributed by atoms with E-state index >= 15 is 0 Å². The van der Waals surface area contributed by atoms with Crippen molar-refractivity contribution in [3.63, 3.8) is 0 Å². The highest BCUT2D eigenvalue weighted by molar-refractivity contribution is 5.73. The van der Waals surface area contributed by atoms with Gasteiger partial charge in [-0.2, -0.15) is 0 Å². The zero-order valence-electron chi connectivity index (χ0n) is 29.5. The van der Waals surface area contributed by atoms with Crippen LogP contribution in [0.5, 0.6) is 0 Å². The molecule has 0 aromatic carbocycles. The van der Waals surface area contributed by atoms with E-state index in [1.54, 1.807) is 0 Å². The van der Waals surface area contributed by atoms with Crippen molar-refractivity contribution in [1.29, 1.82) is 0 Å². The molecule has 0 unspecified atom stereocenters. The number of hydrogen-bond donors (Lipinski definition) is 16. The van der Waals surface area contributed by atoms with Crippen molar-refractivity contribution in [1.82, 2.24) is 0 Å². The Morgan fingerprint density at radius 1 is 0.421 bits per heavy atom. The first kappa shape index (κ1) is 46.1. The maximum Gasteiger partial charge on any atom is 0.335 e. The van der Waals surface area contributed by atoms with Crippen molar-refractivity contribution in [3.05, 3.63) is 0 Å². The van der Waals surface area contributed by atoms with Crippen LogP contribution in [0.15, 0.2) is 0 Å². The molecule has 27 nitrogen and oxygen atoms in total. The molecule has 5 heterocycles. The molecular formula is C30H48O27. The topological polar surface area (TPSA) is 441 Å². The summed E-state index contributed by atoms with van der Waals surface area (Å²) in [6, 6.07) is 0. The van der Waals surface area contributed by atoms with Gasteiger partial charge in [0.05, 0.1) is 19.3 Å². The second kappa shape index (κ2) is 18.7. The zero-order chi connectivity index (χ0) is 42.4. The van der Waals surface area contributed by atoms with E-state index in [1.807, 2.05) is 0 Å². The molecule has 5 rings (SSSR count). The predicted molar refractivity (Wildman–Crippen MR) is 166 cm³/mol. The van der Waals surface area contributed by atoms with Crippen LogP contribution in [0.25, 0.3) is 0 Å². The number of hydrogen-bond acceptors (Lipinski definition) is 25. The zero-order valence-corrected chi connectivity index (χ0v) is 29.5. The van der Waals surface area contributed by atoms with Crippen LogP contribution < -0.4 is 0 Å². The van der Waals surface area contributed by atoms with Crippen molar-refractivity contribution in [2.75, 3.05) is 13.2 Å². The average molecular weight is 841 g/mol. The summed E-state index contributed by atoms with van der Waals surface area (Å²) in [6.45, 7) is -0.718. The summed E-state index contributed by atoms with van der Waals surface area (Å²) in [5.41, 5.74) is 0. The maximum absolute atomic E-state index is 12.0. The van der Waals surface area contributed by atoms with Gasteiger partial charge >= 0.3 is 11.9 Å². The molecule has 330 valence electrons. The SMILES string of the molecule is C[C@H]1O[C@H](O)[C@@H](O[C@@H]2O[C@H](CO)[C@H](O[C@@H]3O[C@H](CO)[C@@H](O)[C@H](O)[C@@H]3O[C@H]3O[C@H](C(=O)O)[C@H](O)[C@H](O)[C@H]3O[C@H]3O[C@H](C(=O)O)[C@@H](O)[C@H](O)[C@H]3O)[C@H](O)[C@H]2O)[C@@H](O)[C@@H]1O. The van der Waals surface area contributed by atoms with Gasteiger partial charge < -0.3 is 124 Å². The van der Waals surface area contributed by atoms with Gasteiger partial charge in [0.15, 0.2) is 43.7 Å². The van der Waals surface area contributed by atoms with Crippen molar-refractivity contribution >= 4 is 11.9 Å². The Bertz CT molecular complexity index is 1340. The van der Waals surface area contributed by atoms with Gasteiger partial charge in [-0.3, -0.25) is 0 Å². The Morgan fingerprint density at radius 2 is 0.807 bits per heavy atom. The number of carbonyl (C=O) groups is 2. The highest BCUT2D eigenvalue weighted by atomic mass is 16.8. The summed E-state index contributed by atoms with van der Waals surface area (Å²) < 4.78 is 48.8. The first-order chi connectivity index (χ1) is 26.7. The maximum atomic E-state index is 12.0. The quantitative estimate of drug-likeness (QED) is 0.0867. The van der Waals surface area contributed by atoms with Gasteiger partial charge in [0, 0.05) is 0 Å². The summed E-state index contributed by atoms with van der Waals surface area (Å²) >= 11 is 0. The molecule has 0 amide bonds. The van der Waals surface area contributed by atoms with E-state index in [4.69, 9.17) is 42.6 Å². The van der Waals surface area contributed by atoms with Gasteiger partial charge in [-0.25, -0.2) is 9.59 Å². The fourth-order valence-corrected chi connectivity index (χ4v) is 6.89. The van der Waals surface area contributed by atoms with Crippen molar-refractivity contribution in [2.24, 2.45) is 0 Å². The Labute approximate surface area is 319 Å². The Hall–Kier alpha value is -1.98. The monoisotopic (exact) mass is 840 g/mol. The first-order valence-corrected chi connectivity index (χ1v) is 17.5. The third kappa shape index (κ3) is 9.20. The van der Waals surface area contributed by atoms with Crippen molar-refractivity contribution < 1.29 is 134 Å². The number of carboxylic acid groups (broad SMARTS) is 2. The van der Waals surface area contributed by atoms with E-state index < -0.39 is 179 Å². The van der Waals surface area contributed by atoms with Crippen molar-refractivity contribution in [3.8, 4) is 0 Å². The van der Waals surface area contributed by atoms with E-state index in [2.05, 4.69) is 0 Å². The van der Waals surface area contributed by atoms with E-state index in [-0.39, 0.29) is 0 Å². The largest absolute Gasteiger partial charge is 0.479 e. The molecule has 0 saturated carbocycles. The van der Waals surface area contributed by atoms with Gasteiger partial charge in [-0.15, -0.1) is 0 Å². The lowest BCUT2D eigenvalue weighted by Crippen LogP contribution is -2.68. The third-order valence-corrected chi connectivity index (χ3v) is 10.2. The summed E-state index contributed by atoms with van der Waals surface area (Å²) in [4.78, 5) is 23.6. The lowest BCUT2D eigenvalue weighted by Gasteiger charge is -2.49. The third-order valence-electron chi connectivity index (χ3n) is 10.2. The number of aliphatic hydroxyl groups is 14. The van der Waals surface area contributed by atoms with Gasteiger partial charge in [0.1, 0.15) is 104 Å². The van der Waals surface area contributed by atoms with Crippen molar-refractivity contribution in [2.45, 2.75) is 160 Å². The summed E-state index contributed by atoms with van der Waals surface area (Å²) in [5.74, 6) is -3.75. The molecule has 16 N–H and O–H groups in total. The lowest BCUT2D eigenvalue weighted by molar-refractivity contribution is -0.403. The summed E-state index contributed by atoms with van der Waals surface area (Å²) in [7, 11) is 0. The normalized spacial score (nSPS) is 52.3. The van der Waals surface area contributed by atoms with Crippen LogP contribution in [0, 0.1) is 0 Å². The molecule has 0 spiro atoms. The number of ether oxygens (including phenoxy) is 9. The van der Waals surface area contributed by atoms with Crippen LogP contribution in [-0.2, 0) is 52.2 Å². The number of aliphatic hydroxyl groups excluding tert-OH is 14. The molecule has 0 aliphatic carbocycles. The smallest absolute Gasteiger partial charge is 0.335 e. The molecule has 27 heteroatoms. The molecule has 0 aromatic rings. The van der Waals surface area contributed by atoms with Gasteiger partial charge in [-0.05, 0) is 6.92 Å². The lowest BCUT2D eigenvalue weighted by atomic mass is 9.95. The minimum absolute atomic E-state index is 1.01. The van der Waals surface area contributed by atoms with Gasteiger partial charge in [-0.1, -0.05) is 0 Å². The minimum Gasteiger partial charge on any atom is -0.479 e. The molecule has 5 aliphatic rings. The average Bonchev–Trinajstić information content (AvgIpc) is 3.16. The highest BCUT2D eigenvalue weighted by Crippen LogP contribution is 2.36. The van der Waals surface area contributed by atoms with E-state index in [0.717, 1.165) is 0 Å². The molecule has 25 atom stereocenters. The molecule has 0 bridgehead atoms. The van der Waals surface area contributed by atoms with Crippen LogP contribution in [-0.4, -0.2) is 260 Å². The number of aliphatic carboxylic acids is 2. The molecule has 5 fully saturated rings. The molecule has 57 heavy (non-hydrogen) atoms. The molecule has 5 saturated heterocycles. The number of rotatable bonds is 12. The molecule has 0 aromatic heterocycles. The van der Waals surface area contributed by atoms with E-state index in [0.29, 0.717) is 0 Å². The fraction of sp³-hybridized carbons (Fsp3) is 0.933. The molecule has 0 radical (unpaired) electrons. The van der Waals surface area contributed by atoms with Crippen LogP contribution in [0.1, 0.15) is 6.92 Å². The van der Waals surface area contributed by atoms with Crippen LogP contribution in [0.3, 0.4) is 0 Å². The predicted octanol–water partition coefficient (Wildman–Crippen LogP) is -10.7. The fourth-order valence-electron chi connectivity index (χ4n) is 6.89. The van der Waals surface area contributed by atoms with Gasteiger partial charge in [0.2, 0.25) is 0 Å². The minimum atomic E-state index is -2.39. The first-order valence-electron chi connectivity index (χ1n) is 17.5. The van der Waals surface area contributed by atoms with Gasteiger partial charge in [0.25, 0.3) is 0 Å². The standard InChI is InChI=1S/C30H48O27/c1-4-7(33)10(36)21(26(48)49-4)55-27-17(43)15(41)18(6(3-32)51-27)52-29-22(11(37)8(34)5(2-31)50-29)57-30-23(14(40)13(39)20(54-30)25(46)47)56-28-16(42)9(35)12(38)19(53-28)24(44)45/h4-23,26-43,48H,2-3H2,1H3,(H,44,45)(H,46,47)/t4-,5-,6-,7-,8-,9+,10+,11+,12+,13-,14+,15-,16-,17-,18+,19+,20+,21+,22+,23-,26+,27+,28-,29+,30-/m1/s1. The van der Waals surface area contributed by atoms with Crippen LogP contribution >= 0.6 is 0 Å². The second-order valence-corrected chi connectivity index (χ2v) is 14.0. The molecule has 5 aliphatic heterocycles. The van der Waals surface area contributed by atoms with Crippen LogP contribution in [0.2, 0.25) is 0 Å². The Balaban J connectivity index is 1.41. The summed E-state index contributed by atoms with van der Waals surface area (Å²) in [5, 5.41) is 166. The van der Waals surface area contributed by atoms with E-state index in [9.17, 15) is 91.3 Å². The summed E-state index contributed by atoms with van der Waals surface area (Å²) in [6.07, 6.45) is -51.2. The Kier molecular flexibility index (Phi) is 15.2. The van der Waals surface area contributed by atoms with Crippen LogP contribution in [0.4, 0.5) is 0 Å². The Morgan fingerprint density at radius 3 is 1.37 bits per heavy atom.